The van der Waals surface area contributed by atoms with Gasteiger partial charge in [0, 0.05) is 6.04 Å². The fourth-order valence-corrected chi connectivity index (χ4v) is 2.06. The summed E-state index contributed by atoms with van der Waals surface area (Å²) < 4.78 is 5.82. The Hall–Kier alpha value is -1.02. The molecule has 2 heteroatoms. The van der Waals surface area contributed by atoms with Gasteiger partial charge in [-0.1, -0.05) is 26.8 Å². The second kappa shape index (κ2) is 7.42. The molecule has 1 rings (SSSR count). The lowest BCUT2D eigenvalue weighted by Gasteiger charge is -2.16. The first-order chi connectivity index (χ1) is 8.54. The van der Waals surface area contributed by atoms with E-state index in [9.17, 15) is 0 Å². The zero-order chi connectivity index (χ0) is 13.5. The van der Waals surface area contributed by atoms with Gasteiger partial charge in [0.25, 0.3) is 0 Å². The Morgan fingerprint density at radius 1 is 1.22 bits per heavy atom. The summed E-state index contributed by atoms with van der Waals surface area (Å²) in [5.74, 6) is 1.55. The minimum atomic E-state index is 0.398. The predicted molar refractivity (Wildman–Crippen MR) is 78.5 cm³/mol. The molecule has 18 heavy (non-hydrogen) atoms. The number of nitrogens with one attached hydrogen (secondary N) is 1. The van der Waals surface area contributed by atoms with E-state index in [-0.39, 0.29) is 0 Å². The molecule has 0 bridgehead atoms. The Balaban J connectivity index is 2.51. The van der Waals surface area contributed by atoms with Gasteiger partial charge < -0.3 is 10.1 Å². The molecule has 2 nitrogen and oxygen atoms in total. The van der Waals surface area contributed by atoms with Gasteiger partial charge in [-0.3, -0.25) is 0 Å². The lowest BCUT2D eigenvalue weighted by molar-refractivity contribution is 0.273. The van der Waals surface area contributed by atoms with E-state index >= 15 is 0 Å². The molecule has 102 valence electrons. The summed E-state index contributed by atoms with van der Waals surface area (Å²) >= 11 is 0. The Labute approximate surface area is 112 Å². The first kappa shape index (κ1) is 15.0. The number of benzene rings is 1. The highest BCUT2D eigenvalue weighted by Gasteiger charge is 2.06. The third kappa shape index (κ3) is 4.69. The molecule has 1 aromatic rings. The molecule has 0 spiro atoms. The highest BCUT2D eigenvalue weighted by Crippen LogP contribution is 2.23. The summed E-state index contributed by atoms with van der Waals surface area (Å²) in [4.78, 5) is 0. The van der Waals surface area contributed by atoms with Gasteiger partial charge in [0.05, 0.1) is 0 Å². The third-order valence-electron chi connectivity index (χ3n) is 3.11. The van der Waals surface area contributed by atoms with Crippen molar-refractivity contribution in [3.63, 3.8) is 0 Å². The summed E-state index contributed by atoms with van der Waals surface area (Å²) in [6.07, 6.45) is 1.16. The van der Waals surface area contributed by atoms with Crippen molar-refractivity contribution in [3.05, 3.63) is 29.3 Å². The highest BCUT2D eigenvalue weighted by atomic mass is 16.5. The van der Waals surface area contributed by atoms with Crippen LogP contribution >= 0.6 is 0 Å². The van der Waals surface area contributed by atoms with Crippen molar-refractivity contribution in [2.75, 3.05) is 13.2 Å². The largest absolute Gasteiger partial charge is 0.492 e. The van der Waals surface area contributed by atoms with Crippen LogP contribution < -0.4 is 10.1 Å². The monoisotopic (exact) mass is 249 g/mol. The Morgan fingerprint density at radius 2 is 1.94 bits per heavy atom. The van der Waals surface area contributed by atoms with Crippen LogP contribution in [0.1, 0.15) is 51.2 Å². The zero-order valence-corrected chi connectivity index (χ0v) is 12.4. The quantitative estimate of drug-likeness (QED) is 0.791. The van der Waals surface area contributed by atoms with Crippen molar-refractivity contribution in [2.45, 2.75) is 53.0 Å². The summed E-state index contributed by atoms with van der Waals surface area (Å²) in [7, 11) is 0. The third-order valence-corrected chi connectivity index (χ3v) is 3.11. The van der Waals surface area contributed by atoms with Crippen molar-refractivity contribution < 1.29 is 4.74 Å². The van der Waals surface area contributed by atoms with Gasteiger partial charge in [0.1, 0.15) is 12.4 Å². The molecule has 0 fully saturated rings. The van der Waals surface area contributed by atoms with E-state index < -0.39 is 0 Å². The second-order valence-corrected chi connectivity index (χ2v) is 5.34. The maximum atomic E-state index is 5.82. The Bertz CT molecular complexity index is 360. The van der Waals surface area contributed by atoms with Crippen molar-refractivity contribution in [1.29, 1.82) is 0 Å². The molecule has 1 N–H and O–H groups in total. The summed E-state index contributed by atoms with van der Waals surface area (Å²) in [6.45, 7) is 12.7. The molecule has 0 saturated heterocycles. The summed E-state index contributed by atoms with van der Waals surface area (Å²) in [5, 5.41) is 3.42. The molecular weight excluding hydrogens is 222 g/mol. The van der Waals surface area contributed by atoms with E-state index in [4.69, 9.17) is 4.74 Å². The van der Waals surface area contributed by atoms with Crippen LogP contribution in [0.2, 0.25) is 0 Å². The molecule has 0 aromatic heterocycles. The van der Waals surface area contributed by atoms with E-state index in [1.807, 2.05) is 0 Å². The first-order valence-corrected chi connectivity index (χ1v) is 7.01. The van der Waals surface area contributed by atoms with Crippen LogP contribution in [0.4, 0.5) is 0 Å². The van der Waals surface area contributed by atoms with Crippen LogP contribution in [-0.2, 0) is 0 Å². The van der Waals surface area contributed by atoms with Crippen LogP contribution in [0.25, 0.3) is 0 Å². The van der Waals surface area contributed by atoms with Crippen LogP contribution in [0, 0.1) is 6.92 Å². The van der Waals surface area contributed by atoms with Crippen LogP contribution in [0.5, 0.6) is 5.75 Å². The number of hydrogen-bond acceptors (Lipinski definition) is 2. The van der Waals surface area contributed by atoms with E-state index in [0.717, 1.165) is 25.3 Å². The number of ether oxygens (including phenoxy) is 1. The average molecular weight is 249 g/mol. The summed E-state index contributed by atoms with van der Waals surface area (Å²) in [6, 6.07) is 6.80. The maximum absolute atomic E-state index is 5.82. The van der Waals surface area contributed by atoms with Gasteiger partial charge in [-0.05, 0) is 56.0 Å². The molecule has 0 aliphatic heterocycles. The molecular formula is C16H27NO. The summed E-state index contributed by atoms with van der Waals surface area (Å²) in [5.41, 5.74) is 2.72. The zero-order valence-electron chi connectivity index (χ0n) is 12.4. The smallest absolute Gasteiger partial charge is 0.119 e. The van der Waals surface area contributed by atoms with Crippen molar-refractivity contribution >= 4 is 0 Å². The van der Waals surface area contributed by atoms with E-state index in [2.05, 4.69) is 58.1 Å². The topological polar surface area (TPSA) is 21.3 Å². The van der Waals surface area contributed by atoms with Crippen molar-refractivity contribution in [1.82, 2.24) is 5.32 Å². The molecule has 1 unspecified atom stereocenters. The van der Waals surface area contributed by atoms with Gasteiger partial charge in [-0.2, -0.15) is 0 Å². The van der Waals surface area contributed by atoms with Gasteiger partial charge in [-0.25, -0.2) is 0 Å². The van der Waals surface area contributed by atoms with E-state index in [1.54, 1.807) is 0 Å². The van der Waals surface area contributed by atoms with E-state index in [0.29, 0.717) is 12.0 Å². The van der Waals surface area contributed by atoms with Crippen LogP contribution in [-0.4, -0.2) is 19.2 Å². The van der Waals surface area contributed by atoms with Gasteiger partial charge in [0.2, 0.25) is 0 Å². The second-order valence-electron chi connectivity index (χ2n) is 5.34. The van der Waals surface area contributed by atoms with Crippen molar-refractivity contribution in [3.8, 4) is 5.75 Å². The number of rotatable bonds is 7. The lowest BCUT2D eigenvalue weighted by atomic mass is 9.98. The molecule has 0 aliphatic rings. The predicted octanol–water partition coefficient (Wildman–Crippen LogP) is 3.89. The van der Waals surface area contributed by atoms with Gasteiger partial charge >= 0.3 is 0 Å². The first-order valence-electron chi connectivity index (χ1n) is 7.01. The number of hydrogen-bond donors (Lipinski definition) is 1. The molecule has 1 aromatic carbocycles. The Kier molecular flexibility index (Phi) is 6.20. The number of aryl methyl sites for hydroxylation is 1. The molecule has 0 radical (unpaired) electrons. The van der Waals surface area contributed by atoms with Gasteiger partial charge in [0.15, 0.2) is 0 Å². The lowest BCUT2D eigenvalue weighted by Crippen LogP contribution is -2.32. The Morgan fingerprint density at radius 3 is 2.50 bits per heavy atom. The van der Waals surface area contributed by atoms with Crippen LogP contribution in [0.3, 0.4) is 0 Å². The molecule has 0 heterocycles. The normalized spacial score (nSPS) is 12.8. The standard InChI is InChI=1S/C16H27NO/c1-6-9-17-14(5)11-18-15-7-8-16(12(2)3)13(4)10-15/h7-8,10,12,14,17H,6,9,11H2,1-5H3. The van der Waals surface area contributed by atoms with Gasteiger partial charge in [-0.15, -0.1) is 0 Å². The minimum absolute atomic E-state index is 0.398. The molecule has 0 aliphatic carbocycles. The van der Waals surface area contributed by atoms with E-state index in [1.165, 1.54) is 11.1 Å². The van der Waals surface area contributed by atoms with Crippen molar-refractivity contribution in [2.24, 2.45) is 0 Å². The maximum Gasteiger partial charge on any atom is 0.119 e. The average Bonchev–Trinajstić information content (AvgIpc) is 2.33. The highest BCUT2D eigenvalue weighted by molar-refractivity contribution is 5.36. The molecule has 0 saturated carbocycles. The SMILES string of the molecule is CCCNC(C)COc1ccc(C(C)C)c(C)c1. The minimum Gasteiger partial charge on any atom is -0.492 e. The molecule has 1 atom stereocenters. The fourth-order valence-electron chi connectivity index (χ4n) is 2.06. The molecule has 0 amide bonds. The fraction of sp³-hybridized carbons (Fsp3) is 0.625. The van der Waals surface area contributed by atoms with Crippen LogP contribution in [0.15, 0.2) is 18.2 Å².